The molecule has 1 atom stereocenters. The van der Waals surface area contributed by atoms with Gasteiger partial charge in [0.05, 0.1) is 0 Å². The Labute approximate surface area is 177 Å². The van der Waals surface area contributed by atoms with E-state index in [1.807, 2.05) is 92.7 Å². The summed E-state index contributed by atoms with van der Waals surface area (Å²) < 4.78 is 5.30. The van der Waals surface area contributed by atoms with Crippen LogP contribution >= 0.6 is 0 Å². The molecule has 0 heterocycles. The fraction of sp³-hybridized carbons (Fsp3) is 0.200. The van der Waals surface area contributed by atoms with Gasteiger partial charge in [0.1, 0.15) is 12.6 Å². The van der Waals surface area contributed by atoms with Gasteiger partial charge in [-0.2, -0.15) is 0 Å². The van der Waals surface area contributed by atoms with E-state index in [0.717, 1.165) is 22.3 Å². The van der Waals surface area contributed by atoms with Crippen molar-refractivity contribution in [1.29, 1.82) is 0 Å². The number of rotatable bonds is 7. The first-order valence-corrected chi connectivity index (χ1v) is 9.90. The highest BCUT2D eigenvalue weighted by Crippen LogP contribution is 2.15. The van der Waals surface area contributed by atoms with E-state index in [1.165, 1.54) is 0 Å². The van der Waals surface area contributed by atoms with E-state index in [9.17, 15) is 9.59 Å². The molecular formula is C25H26N2O3. The zero-order valence-corrected chi connectivity index (χ0v) is 17.2. The number of benzene rings is 3. The highest BCUT2D eigenvalue weighted by molar-refractivity contribution is 5.96. The molecule has 5 heteroatoms. The summed E-state index contributed by atoms with van der Waals surface area (Å²) in [5.74, 6) is -0.293. The molecule has 5 nitrogen and oxygen atoms in total. The lowest BCUT2D eigenvalue weighted by Gasteiger charge is -2.19. The third-order valence-electron chi connectivity index (χ3n) is 4.88. The largest absolute Gasteiger partial charge is 0.445 e. The van der Waals surface area contributed by atoms with Crippen LogP contribution < -0.4 is 10.6 Å². The molecule has 2 N–H and O–H groups in total. The molecular weight excluding hydrogens is 376 g/mol. The van der Waals surface area contributed by atoms with Crippen LogP contribution in [0.15, 0.2) is 78.9 Å². The second-order valence-corrected chi connectivity index (χ2v) is 7.24. The average Bonchev–Trinajstić information content (AvgIpc) is 2.76. The summed E-state index contributed by atoms with van der Waals surface area (Å²) in [6.07, 6.45) is -0.271. The first kappa shape index (κ1) is 21.1. The van der Waals surface area contributed by atoms with E-state index in [-0.39, 0.29) is 12.5 Å². The van der Waals surface area contributed by atoms with Crippen LogP contribution in [0.1, 0.15) is 22.3 Å². The Morgan fingerprint density at radius 1 is 0.833 bits per heavy atom. The maximum absolute atomic E-state index is 12.9. The van der Waals surface area contributed by atoms with Gasteiger partial charge in [-0.3, -0.25) is 4.79 Å². The number of carbonyl (C=O) groups excluding carboxylic acids is 2. The number of nitrogens with one attached hydrogen (secondary N) is 2. The highest BCUT2D eigenvalue weighted by atomic mass is 16.5. The number of amides is 2. The minimum atomic E-state index is -0.766. The number of carbonyl (C=O) groups is 2. The molecule has 0 aliphatic carbocycles. The normalized spacial score (nSPS) is 11.4. The van der Waals surface area contributed by atoms with E-state index >= 15 is 0 Å². The SMILES string of the molecule is Cc1ccc(NC(=O)[C@H](Cc2ccccc2)NC(=O)OCc2ccccc2)cc1C. The van der Waals surface area contributed by atoms with Crippen molar-refractivity contribution in [2.75, 3.05) is 5.32 Å². The standard InChI is InChI=1S/C25H26N2O3/c1-18-13-14-22(15-19(18)2)26-24(28)23(16-20-9-5-3-6-10-20)27-25(29)30-17-21-11-7-4-8-12-21/h3-15,23H,16-17H2,1-2H3,(H,26,28)(H,27,29)/t23-/m0/s1. The molecule has 0 unspecified atom stereocenters. The molecule has 0 aromatic heterocycles. The van der Waals surface area contributed by atoms with Gasteiger partial charge in [0.2, 0.25) is 5.91 Å². The van der Waals surface area contributed by atoms with Crippen molar-refractivity contribution in [1.82, 2.24) is 5.32 Å². The topological polar surface area (TPSA) is 67.4 Å². The Kier molecular flexibility index (Phi) is 7.22. The number of aryl methyl sites for hydroxylation is 2. The molecule has 3 rings (SSSR count). The van der Waals surface area contributed by atoms with Crippen LogP contribution in [0.5, 0.6) is 0 Å². The molecule has 0 fully saturated rings. The molecule has 0 saturated carbocycles. The molecule has 0 radical (unpaired) electrons. The number of hydrogen-bond acceptors (Lipinski definition) is 3. The summed E-state index contributed by atoms with van der Waals surface area (Å²) in [5.41, 5.74) is 4.76. The van der Waals surface area contributed by atoms with Crippen LogP contribution in [0, 0.1) is 13.8 Å². The van der Waals surface area contributed by atoms with Crippen molar-refractivity contribution in [3.05, 3.63) is 101 Å². The van der Waals surface area contributed by atoms with Crippen LogP contribution in [0.4, 0.5) is 10.5 Å². The summed E-state index contributed by atoms with van der Waals surface area (Å²) in [6, 6.07) is 23.9. The van der Waals surface area contributed by atoms with E-state index in [0.29, 0.717) is 12.1 Å². The van der Waals surface area contributed by atoms with Gasteiger partial charge in [-0.05, 0) is 48.2 Å². The number of hydrogen-bond donors (Lipinski definition) is 2. The zero-order chi connectivity index (χ0) is 21.3. The van der Waals surface area contributed by atoms with E-state index < -0.39 is 12.1 Å². The summed E-state index contributed by atoms with van der Waals surface area (Å²) in [7, 11) is 0. The minimum absolute atomic E-state index is 0.142. The van der Waals surface area contributed by atoms with Gasteiger partial charge in [0.15, 0.2) is 0 Å². The second-order valence-electron chi connectivity index (χ2n) is 7.24. The number of ether oxygens (including phenoxy) is 1. The fourth-order valence-electron chi connectivity index (χ4n) is 3.01. The molecule has 30 heavy (non-hydrogen) atoms. The van der Waals surface area contributed by atoms with Crippen molar-refractivity contribution in [3.63, 3.8) is 0 Å². The predicted octanol–water partition coefficient (Wildman–Crippen LogP) is 4.78. The van der Waals surface area contributed by atoms with Gasteiger partial charge in [-0.15, -0.1) is 0 Å². The molecule has 0 bridgehead atoms. The average molecular weight is 402 g/mol. The maximum atomic E-state index is 12.9. The van der Waals surface area contributed by atoms with E-state index in [2.05, 4.69) is 10.6 Å². The minimum Gasteiger partial charge on any atom is -0.445 e. The van der Waals surface area contributed by atoms with Crippen molar-refractivity contribution in [3.8, 4) is 0 Å². The molecule has 2 amide bonds. The van der Waals surface area contributed by atoms with Crippen molar-refractivity contribution < 1.29 is 14.3 Å². The fourth-order valence-corrected chi connectivity index (χ4v) is 3.01. The number of anilines is 1. The third-order valence-corrected chi connectivity index (χ3v) is 4.88. The monoisotopic (exact) mass is 402 g/mol. The quantitative estimate of drug-likeness (QED) is 0.598. The first-order valence-electron chi connectivity index (χ1n) is 9.90. The van der Waals surface area contributed by atoms with E-state index in [1.54, 1.807) is 0 Å². The Morgan fingerprint density at radius 3 is 2.10 bits per heavy atom. The summed E-state index contributed by atoms with van der Waals surface area (Å²) in [4.78, 5) is 25.3. The second kappa shape index (κ2) is 10.3. The highest BCUT2D eigenvalue weighted by Gasteiger charge is 2.22. The van der Waals surface area contributed by atoms with Crippen LogP contribution in [-0.2, 0) is 22.6 Å². The Hall–Kier alpha value is -3.60. The maximum Gasteiger partial charge on any atom is 0.408 e. The van der Waals surface area contributed by atoms with Crippen LogP contribution in [0.2, 0.25) is 0 Å². The van der Waals surface area contributed by atoms with Crippen molar-refractivity contribution in [2.45, 2.75) is 32.9 Å². The van der Waals surface area contributed by atoms with Gasteiger partial charge >= 0.3 is 6.09 Å². The van der Waals surface area contributed by atoms with Crippen molar-refractivity contribution in [2.24, 2.45) is 0 Å². The predicted molar refractivity (Wildman–Crippen MR) is 118 cm³/mol. The molecule has 154 valence electrons. The summed E-state index contributed by atoms with van der Waals surface area (Å²) >= 11 is 0. The molecule has 0 spiro atoms. The zero-order valence-electron chi connectivity index (χ0n) is 17.2. The Balaban J connectivity index is 1.68. The molecule has 0 saturated heterocycles. The molecule has 0 aliphatic rings. The molecule has 0 aliphatic heterocycles. The first-order chi connectivity index (χ1) is 14.5. The van der Waals surface area contributed by atoms with Gasteiger partial charge in [-0.1, -0.05) is 66.7 Å². The number of alkyl carbamates (subject to hydrolysis) is 1. The summed E-state index contributed by atoms with van der Waals surface area (Å²) in [6.45, 7) is 4.15. The van der Waals surface area contributed by atoms with Gasteiger partial charge in [-0.25, -0.2) is 4.79 Å². The van der Waals surface area contributed by atoms with Crippen LogP contribution in [0.25, 0.3) is 0 Å². The molecule has 3 aromatic rings. The smallest absolute Gasteiger partial charge is 0.408 e. The van der Waals surface area contributed by atoms with Gasteiger partial charge in [0, 0.05) is 12.1 Å². The molecule has 3 aromatic carbocycles. The van der Waals surface area contributed by atoms with Gasteiger partial charge in [0.25, 0.3) is 0 Å². The Morgan fingerprint density at radius 2 is 1.47 bits per heavy atom. The lowest BCUT2D eigenvalue weighted by Crippen LogP contribution is -2.45. The van der Waals surface area contributed by atoms with Crippen LogP contribution in [-0.4, -0.2) is 18.0 Å². The third kappa shape index (κ3) is 6.21. The van der Waals surface area contributed by atoms with Crippen molar-refractivity contribution >= 4 is 17.7 Å². The lowest BCUT2D eigenvalue weighted by molar-refractivity contribution is -0.118. The van der Waals surface area contributed by atoms with Crippen LogP contribution in [0.3, 0.4) is 0 Å². The summed E-state index contributed by atoms with van der Waals surface area (Å²) in [5, 5.41) is 5.61. The Bertz CT molecular complexity index is 988. The van der Waals surface area contributed by atoms with E-state index in [4.69, 9.17) is 4.74 Å². The van der Waals surface area contributed by atoms with Gasteiger partial charge < -0.3 is 15.4 Å². The lowest BCUT2D eigenvalue weighted by atomic mass is 10.0.